The fourth-order valence-corrected chi connectivity index (χ4v) is 4.37. The van der Waals surface area contributed by atoms with E-state index in [1.807, 2.05) is 6.07 Å². The van der Waals surface area contributed by atoms with Crippen LogP contribution in [0.2, 0.25) is 0 Å². The van der Waals surface area contributed by atoms with Crippen molar-refractivity contribution in [3.63, 3.8) is 0 Å². The molecule has 0 amide bonds. The van der Waals surface area contributed by atoms with Crippen LogP contribution in [0.3, 0.4) is 0 Å². The van der Waals surface area contributed by atoms with Gasteiger partial charge in [0.15, 0.2) is 23.1 Å². The molecular weight excluding hydrogens is 426 g/mol. The lowest BCUT2D eigenvalue weighted by molar-refractivity contribution is -0.384. The van der Waals surface area contributed by atoms with Gasteiger partial charge in [0.05, 0.1) is 19.1 Å². The predicted octanol–water partition coefficient (Wildman–Crippen LogP) is 3.89. The van der Waals surface area contributed by atoms with E-state index in [4.69, 9.17) is 14.6 Å². The van der Waals surface area contributed by atoms with Crippen molar-refractivity contribution >= 4 is 17.4 Å². The summed E-state index contributed by atoms with van der Waals surface area (Å²) in [6, 6.07) is 11.1. The van der Waals surface area contributed by atoms with E-state index in [0.717, 1.165) is 12.1 Å². The first-order valence-electron chi connectivity index (χ1n) is 10.5. The molecule has 1 atom stereocenters. The molecule has 10 heteroatoms. The highest BCUT2D eigenvalue weighted by Gasteiger charge is 2.37. The van der Waals surface area contributed by atoms with E-state index in [1.165, 1.54) is 12.1 Å². The topological polar surface area (TPSA) is 121 Å². The van der Waals surface area contributed by atoms with Gasteiger partial charge in [-0.25, -0.2) is 4.68 Å². The molecule has 0 radical (unpaired) electrons. The van der Waals surface area contributed by atoms with E-state index in [2.05, 4.69) is 10.3 Å². The zero-order valence-electron chi connectivity index (χ0n) is 18.1. The number of nitro groups is 1. The number of hydrogen-bond donors (Lipinski definition) is 1. The van der Waals surface area contributed by atoms with Crippen molar-refractivity contribution in [2.75, 3.05) is 19.5 Å². The molecule has 5 rings (SSSR count). The monoisotopic (exact) mass is 447 g/mol. The highest BCUT2D eigenvalue weighted by molar-refractivity contribution is 5.99. The minimum atomic E-state index is -0.606. The number of carbonyl (C=O) groups is 1. The van der Waals surface area contributed by atoms with Crippen molar-refractivity contribution in [1.82, 2.24) is 14.8 Å². The van der Waals surface area contributed by atoms with Gasteiger partial charge in [-0.2, -0.15) is 4.98 Å². The number of methoxy groups -OCH3 is 2. The Kier molecular flexibility index (Phi) is 5.04. The molecular formula is C23H21N5O5. The van der Waals surface area contributed by atoms with Crippen LogP contribution in [0.15, 0.2) is 53.7 Å². The molecule has 3 aromatic rings. The molecule has 1 N–H and O–H groups in total. The summed E-state index contributed by atoms with van der Waals surface area (Å²) in [7, 11) is 3.11. The molecule has 1 aromatic heterocycles. The van der Waals surface area contributed by atoms with Gasteiger partial charge in [-0.15, -0.1) is 5.10 Å². The van der Waals surface area contributed by atoms with Crippen molar-refractivity contribution in [3.05, 3.63) is 69.4 Å². The van der Waals surface area contributed by atoms with Gasteiger partial charge in [-0.05, 0) is 36.6 Å². The number of aromatic nitrogens is 3. The van der Waals surface area contributed by atoms with E-state index >= 15 is 0 Å². The van der Waals surface area contributed by atoms with Gasteiger partial charge in [-0.1, -0.05) is 12.1 Å². The molecule has 33 heavy (non-hydrogen) atoms. The third-order valence-corrected chi connectivity index (χ3v) is 5.91. The van der Waals surface area contributed by atoms with Gasteiger partial charge in [-0.3, -0.25) is 14.9 Å². The third-order valence-electron chi connectivity index (χ3n) is 5.91. The van der Waals surface area contributed by atoms with Crippen molar-refractivity contribution in [1.29, 1.82) is 0 Å². The number of nitro benzene ring substituents is 1. The Labute approximate surface area is 189 Å². The van der Waals surface area contributed by atoms with Crippen LogP contribution >= 0.6 is 0 Å². The number of rotatable bonds is 5. The summed E-state index contributed by atoms with van der Waals surface area (Å²) in [6.07, 6.45) is 1.87. The van der Waals surface area contributed by atoms with Crippen LogP contribution in [0.4, 0.5) is 11.6 Å². The number of ketones is 1. The van der Waals surface area contributed by atoms with Crippen molar-refractivity contribution in [2.45, 2.75) is 25.3 Å². The molecule has 0 saturated carbocycles. The summed E-state index contributed by atoms with van der Waals surface area (Å²) in [5.74, 6) is 2.04. The van der Waals surface area contributed by atoms with Crippen molar-refractivity contribution < 1.29 is 19.2 Å². The Morgan fingerprint density at radius 3 is 2.70 bits per heavy atom. The van der Waals surface area contributed by atoms with Crippen molar-refractivity contribution in [2.24, 2.45) is 0 Å². The number of carbonyl (C=O) groups excluding carboxylic acids is 1. The molecule has 0 saturated heterocycles. The van der Waals surface area contributed by atoms with E-state index in [1.54, 1.807) is 43.2 Å². The first-order chi connectivity index (χ1) is 16.0. The van der Waals surface area contributed by atoms with Gasteiger partial charge in [0, 0.05) is 35.4 Å². The lowest BCUT2D eigenvalue weighted by atomic mass is 9.85. The molecule has 2 aliphatic rings. The second kappa shape index (κ2) is 8.05. The van der Waals surface area contributed by atoms with E-state index < -0.39 is 11.0 Å². The Morgan fingerprint density at radius 1 is 1.12 bits per heavy atom. The first kappa shape index (κ1) is 20.7. The van der Waals surface area contributed by atoms with Gasteiger partial charge < -0.3 is 14.8 Å². The number of hydrogen-bond acceptors (Lipinski definition) is 8. The highest BCUT2D eigenvalue weighted by Crippen LogP contribution is 2.41. The summed E-state index contributed by atoms with van der Waals surface area (Å²) in [5.41, 5.74) is 2.65. The predicted molar refractivity (Wildman–Crippen MR) is 119 cm³/mol. The van der Waals surface area contributed by atoms with Gasteiger partial charge >= 0.3 is 0 Å². The van der Waals surface area contributed by atoms with Crippen molar-refractivity contribution in [3.8, 4) is 22.9 Å². The number of ether oxygens (including phenoxy) is 2. The smallest absolute Gasteiger partial charge is 0.269 e. The summed E-state index contributed by atoms with van der Waals surface area (Å²) >= 11 is 0. The summed E-state index contributed by atoms with van der Waals surface area (Å²) < 4.78 is 12.3. The minimum Gasteiger partial charge on any atom is -0.493 e. The number of nitrogens with one attached hydrogen (secondary N) is 1. The Hall–Kier alpha value is -4.21. The molecule has 1 aliphatic heterocycles. The van der Waals surface area contributed by atoms with Crippen LogP contribution < -0.4 is 14.8 Å². The maximum Gasteiger partial charge on any atom is 0.269 e. The minimum absolute atomic E-state index is 0.00840. The molecule has 168 valence electrons. The van der Waals surface area contributed by atoms with E-state index in [-0.39, 0.29) is 11.5 Å². The molecule has 10 nitrogen and oxygen atoms in total. The number of non-ortho nitro benzene ring substituents is 1. The van der Waals surface area contributed by atoms with Crippen LogP contribution in [0, 0.1) is 10.1 Å². The summed E-state index contributed by atoms with van der Waals surface area (Å²) in [5, 5.41) is 19.4. The quantitative estimate of drug-likeness (QED) is 0.462. The number of benzene rings is 2. The average Bonchev–Trinajstić information content (AvgIpc) is 3.26. The second-order valence-electron chi connectivity index (χ2n) is 7.82. The molecule has 2 heterocycles. The van der Waals surface area contributed by atoms with E-state index in [9.17, 15) is 14.9 Å². The maximum atomic E-state index is 12.9. The van der Waals surface area contributed by atoms with E-state index in [0.29, 0.717) is 52.8 Å². The Bertz CT molecular complexity index is 1310. The van der Waals surface area contributed by atoms with Crippen LogP contribution in [-0.2, 0) is 4.79 Å². The van der Waals surface area contributed by atoms with Gasteiger partial charge in [0.25, 0.3) is 5.69 Å². The summed E-state index contributed by atoms with van der Waals surface area (Å²) in [6.45, 7) is 0. The SMILES string of the molecule is COc1ccc(-c2nc3n(n2)C(c2cccc([N+](=O)[O-])c2)C2=C(CCCC2=O)N3)cc1OC. The first-order valence-corrected chi connectivity index (χ1v) is 10.5. The fraction of sp³-hybridized carbons (Fsp3) is 0.261. The second-order valence-corrected chi connectivity index (χ2v) is 7.82. The zero-order chi connectivity index (χ0) is 23.1. The van der Waals surface area contributed by atoms with Crippen LogP contribution in [0.5, 0.6) is 11.5 Å². The zero-order valence-corrected chi connectivity index (χ0v) is 18.1. The Balaban J connectivity index is 1.66. The number of allylic oxidation sites excluding steroid dienone is 2. The lowest BCUT2D eigenvalue weighted by Crippen LogP contribution is -2.31. The van der Waals surface area contributed by atoms with Gasteiger partial charge in [0.1, 0.15) is 6.04 Å². The lowest BCUT2D eigenvalue weighted by Gasteiger charge is -2.32. The normalized spacial score (nSPS) is 17.2. The highest BCUT2D eigenvalue weighted by atomic mass is 16.6. The largest absolute Gasteiger partial charge is 0.493 e. The number of fused-ring (bicyclic) bond motifs is 1. The average molecular weight is 447 g/mol. The standard InChI is InChI=1S/C23H21N5O5/c1-32-18-10-9-14(12-19(18)33-2)22-25-23-24-16-7-4-8-17(29)20(16)21(27(23)26-22)13-5-3-6-15(11-13)28(30)31/h3,5-6,9-12,21H,4,7-8H2,1-2H3,(H,24,25,26). The molecule has 0 fully saturated rings. The molecule has 0 spiro atoms. The number of Topliss-reactive ketones (excluding diaryl/α,β-unsaturated/α-hetero) is 1. The van der Waals surface area contributed by atoms with Crippen LogP contribution in [0.1, 0.15) is 30.9 Å². The number of anilines is 1. The molecule has 1 aliphatic carbocycles. The molecule has 2 aromatic carbocycles. The summed E-state index contributed by atoms with van der Waals surface area (Å²) in [4.78, 5) is 28.6. The Morgan fingerprint density at radius 2 is 1.94 bits per heavy atom. The van der Waals surface area contributed by atoms with Crippen LogP contribution in [0.25, 0.3) is 11.4 Å². The molecule has 1 unspecified atom stereocenters. The third kappa shape index (κ3) is 3.49. The van der Waals surface area contributed by atoms with Gasteiger partial charge in [0.2, 0.25) is 5.95 Å². The number of nitrogens with zero attached hydrogens (tertiary/aromatic N) is 4. The molecule has 0 bridgehead atoms. The maximum absolute atomic E-state index is 12.9. The fourth-order valence-electron chi connectivity index (χ4n) is 4.37. The van der Waals surface area contributed by atoms with Crippen LogP contribution in [-0.4, -0.2) is 39.7 Å².